The molecule has 0 aliphatic carbocycles. The summed E-state index contributed by atoms with van der Waals surface area (Å²) in [5, 5.41) is 19.6. The molecule has 0 spiro atoms. The Kier molecular flexibility index (Phi) is 3.09. The summed E-state index contributed by atoms with van der Waals surface area (Å²) >= 11 is 0. The molecule has 1 unspecified atom stereocenters. The molecule has 1 rings (SSSR count). The fourth-order valence-corrected chi connectivity index (χ4v) is 1.19. The Labute approximate surface area is 82.0 Å². The average molecular weight is 194 g/mol. The maximum Gasteiger partial charge on any atom is 0.0762 e. The van der Waals surface area contributed by atoms with Crippen LogP contribution in [0.3, 0.4) is 0 Å². The first-order chi connectivity index (χ1) is 6.50. The number of nitrogens with two attached hydrogens (primary N) is 1. The van der Waals surface area contributed by atoms with Gasteiger partial charge in [-0.1, -0.05) is 12.1 Å². The van der Waals surface area contributed by atoms with E-state index in [9.17, 15) is 15.0 Å². The van der Waals surface area contributed by atoms with Gasteiger partial charge in [0.25, 0.3) is 0 Å². The first-order valence-corrected chi connectivity index (χ1v) is 4.27. The monoisotopic (exact) mass is 194 g/mol. The number of carbonyl (C=O) groups excluding carboxylic acids is 1. The molecule has 0 aromatic heterocycles. The van der Waals surface area contributed by atoms with Crippen molar-refractivity contribution in [3.8, 4) is 0 Å². The summed E-state index contributed by atoms with van der Waals surface area (Å²) in [5.41, 5.74) is 7.15. The lowest BCUT2D eigenvalue weighted by atomic mass is 10.0. The van der Waals surface area contributed by atoms with E-state index in [-0.39, 0.29) is 6.42 Å². The molecule has 0 heterocycles. The zero-order valence-electron chi connectivity index (χ0n) is 7.86. The lowest BCUT2D eigenvalue weighted by Gasteiger charge is -2.10. The van der Waals surface area contributed by atoms with Crippen molar-refractivity contribution < 1.29 is 15.0 Å². The molecule has 0 saturated heterocycles. The number of aliphatic carboxylic acids is 1. The van der Waals surface area contributed by atoms with Crippen LogP contribution in [0.25, 0.3) is 0 Å². The Bertz CT molecular complexity index is 347. The summed E-state index contributed by atoms with van der Waals surface area (Å²) < 4.78 is 0. The highest BCUT2D eigenvalue weighted by Crippen LogP contribution is 2.19. The summed E-state index contributed by atoms with van der Waals surface area (Å²) in [7, 11) is 0. The van der Waals surface area contributed by atoms with Gasteiger partial charge in [0.05, 0.1) is 6.10 Å². The zero-order chi connectivity index (χ0) is 10.7. The number of carbonyl (C=O) groups is 1. The summed E-state index contributed by atoms with van der Waals surface area (Å²) in [5.74, 6) is -1.17. The Morgan fingerprint density at radius 3 is 2.71 bits per heavy atom. The van der Waals surface area contributed by atoms with E-state index >= 15 is 0 Å². The number of carboxylic acid groups (broad SMARTS) is 1. The standard InChI is InChI=1S/C10H13NO3/c1-6(12)7-2-3-8(5-10(13)14)9(11)4-7/h2-4,6,12H,5,11H2,1H3,(H,13,14)/p-1. The van der Waals surface area contributed by atoms with Crippen LogP contribution in [-0.4, -0.2) is 11.1 Å². The van der Waals surface area contributed by atoms with Crippen LogP contribution in [0.15, 0.2) is 18.2 Å². The first-order valence-electron chi connectivity index (χ1n) is 4.27. The van der Waals surface area contributed by atoms with Gasteiger partial charge in [0.15, 0.2) is 0 Å². The topological polar surface area (TPSA) is 86.4 Å². The molecule has 1 aromatic rings. The van der Waals surface area contributed by atoms with Gasteiger partial charge in [-0.15, -0.1) is 0 Å². The number of aliphatic hydroxyl groups excluding tert-OH is 1. The lowest BCUT2D eigenvalue weighted by Crippen LogP contribution is -2.24. The van der Waals surface area contributed by atoms with E-state index in [2.05, 4.69) is 0 Å². The summed E-state index contributed by atoms with van der Waals surface area (Å²) in [4.78, 5) is 10.3. The molecule has 4 heteroatoms. The van der Waals surface area contributed by atoms with Crippen molar-refractivity contribution in [3.05, 3.63) is 29.3 Å². The second kappa shape index (κ2) is 4.11. The maximum atomic E-state index is 10.3. The third-order valence-corrected chi connectivity index (χ3v) is 1.99. The second-order valence-electron chi connectivity index (χ2n) is 3.18. The molecule has 0 bridgehead atoms. The predicted molar refractivity (Wildman–Crippen MR) is 50.2 cm³/mol. The third-order valence-electron chi connectivity index (χ3n) is 1.99. The minimum atomic E-state index is -1.17. The number of hydrogen-bond acceptors (Lipinski definition) is 4. The molecule has 0 amide bonds. The highest BCUT2D eigenvalue weighted by Gasteiger charge is 2.04. The Morgan fingerprint density at radius 2 is 2.29 bits per heavy atom. The Morgan fingerprint density at radius 1 is 1.64 bits per heavy atom. The molecule has 1 aromatic carbocycles. The van der Waals surface area contributed by atoms with Crippen LogP contribution >= 0.6 is 0 Å². The summed E-state index contributed by atoms with van der Waals surface area (Å²) in [6.07, 6.45) is -0.805. The number of carboxylic acids is 1. The Balaban J connectivity index is 2.95. The van der Waals surface area contributed by atoms with Gasteiger partial charge in [-0.05, 0) is 24.1 Å². The van der Waals surface area contributed by atoms with Gasteiger partial charge in [0, 0.05) is 18.1 Å². The molecule has 0 aliphatic heterocycles. The van der Waals surface area contributed by atoms with Crippen LogP contribution in [0.2, 0.25) is 0 Å². The number of rotatable bonds is 3. The van der Waals surface area contributed by atoms with Crippen molar-refractivity contribution in [2.45, 2.75) is 19.4 Å². The van der Waals surface area contributed by atoms with Gasteiger partial charge in [0.2, 0.25) is 0 Å². The fourth-order valence-electron chi connectivity index (χ4n) is 1.19. The smallest absolute Gasteiger partial charge is 0.0762 e. The molecular weight excluding hydrogens is 182 g/mol. The van der Waals surface area contributed by atoms with Crippen molar-refractivity contribution in [1.29, 1.82) is 0 Å². The minimum absolute atomic E-state index is 0.202. The third kappa shape index (κ3) is 2.47. The fraction of sp³-hybridized carbons (Fsp3) is 0.300. The van der Waals surface area contributed by atoms with Crippen LogP contribution in [-0.2, 0) is 11.2 Å². The van der Waals surface area contributed by atoms with Crippen LogP contribution in [0.1, 0.15) is 24.2 Å². The van der Waals surface area contributed by atoms with Gasteiger partial charge >= 0.3 is 0 Å². The average Bonchev–Trinajstić information content (AvgIpc) is 2.07. The molecule has 76 valence electrons. The van der Waals surface area contributed by atoms with Crippen molar-refractivity contribution >= 4 is 11.7 Å². The number of benzene rings is 1. The first kappa shape index (κ1) is 10.5. The van der Waals surface area contributed by atoms with Crippen LogP contribution in [0.5, 0.6) is 0 Å². The predicted octanol–water partition coefficient (Wildman–Crippen LogP) is -0.386. The number of anilines is 1. The quantitative estimate of drug-likeness (QED) is 0.642. The van der Waals surface area contributed by atoms with E-state index in [0.717, 1.165) is 0 Å². The van der Waals surface area contributed by atoms with Gasteiger partial charge in [-0.3, -0.25) is 0 Å². The highest BCUT2D eigenvalue weighted by molar-refractivity contribution is 5.71. The van der Waals surface area contributed by atoms with Crippen molar-refractivity contribution in [1.82, 2.24) is 0 Å². The SMILES string of the molecule is CC(O)c1ccc(CC(=O)[O-])c(N)c1. The number of nitrogen functional groups attached to an aromatic ring is 1. The molecule has 14 heavy (non-hydrogen) atoms. The normalized spacial score (nSPS) is 12.4. The van der Waals surface area contributed by atoms with E-state index in [4.69, 9.17) is 5.73 Å². The second-order valence-corrected chi connectivity index (χ2v) is 3.18. The molecule has 0 radical (unpaired) electrons. The zero-order valence-corrected chi connectivity index (χ0v) is 7.86. The minimum Gasteiger partial charge on any atom is -0.550 e. The van der Waals surface area contributed by atoms with E-state index in [0.29, 0.717) is 16.8 Å². The summed E-state index contributed by atoms with van der Waals surface area (Å²) in [6, 6.07) is 4.81. The highest BCUT2D eigenvalue weighted by atomic mass is 16.4. The number of aliphatic hydroxyl groups is 1. The van der Waals surface area contributed by atoms with Crippen LogP contribution in [0.4, 0.5) is 5.69 Å². The largest absolute Gasteiger partial charge is 0.550 e. The van der Waals surface area contributed by atoms with E-state index in [1.165, 1.54) is 0 Å². The molecule has 1 atom stereocenters. The van der Waals surface area contributed by atoms with E-state index in [1.54, 1.807) is 25.1 Å². The lowest BCUT2D eigenvalue weighted by molar-refractivity contribution is -0.304. The Hall–Kier alpha value is -1.55. The van der Waals surface area contributed by atoms with E-state index < -0.39 is 12.1 Å². The van der Waals surface area contributed by atoms with Gasteiger partial charge in [-0.25, -0.2) is 0 Å². The van der Waals surface area contributed by atoms with Crippen molar-refractivity contribution in [2.24, 2.45) is 0 Å². The molecule has 0 fully saturated rings. The molecule has 3 N–H and O–H groups in total. The van der Waals surface area contributed by atoms with Crippen molar-refractivity contribution in [2.75, 3.05) is 5.73 Å². The molecular formula is C10H12NO3-. The van der Waals surface area contributed by atoms with Crippen LogP contribution in [0, 0.1) is 0 Å². The molecule has 0 saturated carbocycles. The van der Waals surface area contributed by atoms with Crippen molar-refractivity contribution in [3.63, 3.8) is 0 Å². The molecule has 0 aliphatic rings. The summed E-state index contributed by atoms with van der Waals surface area (Å²) in [6.45, 7) is 1.62. The van der Waals surface area contributed by atoms with Gasteiger partial charge < -0.3 is 20.7 Å². The van der Waals surface area contributed by atoms with E-state index in [1.807, 2.05) is 0 Å². The van der Waals surface area contributed by atoms with Gasteiger partial charge in [-0.2, -0.15) is 0 Å². The van der Waals surface area contributed by atoms with Gasteiger partial charge in [0.1, 0.15) is 0 Å². The maximum absolute atomic E-state index is 10.3. The number of hydrogen-bond donors (Lipinski definition) is 2. The molecule has 4 nitrogen and oxygen atoms in total. The van der Waals surface area contributed by atoms with Crippen LogP contribution < -0.4 is 10.8 Å².